The van der Waals surface area contributed by atoms with Crippen molar-refractivity contribution in [3.05, 3.63) is 48.3 Å². The van der Waals surface area contributed by atoms with Crippen molar-refractivity contribution < 1.29 is 5.11 Å². The Kier molecular flexibility index (Phi) is 3.45. The lowest BCUT2D eigenvalue weighted by molar-refractivity contribution is 0.476. The van der Waals surface area contributed by atoms with E-state index in [0.29, 0.717) is 11.7 Å². The maximum absolute atomic E-state index is 9.98. The van der Waals surface area contributed by atoms with E-state index in [0.717, 1.165) is 23.7 Å². The van der Waals surface area contributed by atoms with Gasteiger partial charge in [-0.05, 0) is 60.5 Å². The predicted octanol–water partition coefficient (Wildman–Crippen LogP) is 5.40. The smallest absolute Gasteiger partial charge is 0.116 e. The van der Waals surface area contributed by atoms with Gasteiger partial charge in [-0.1, -0.05) is 13.8 Å². The lowest BCUT2D eigenvalue weighted by Crippen LogP contribution is -2.02. The van der Waals surface area contributed by atoms with Gasteiger partial charge in [-0.2, -0.15) is 0 Å². The van der Waals surface area contributed by atoms with Gasteiger partial charge in [0.25, 0.3) is 0 Å². The topological polar surface area (TPSA) is 38.1 Å². The van der Waals surface area contributed by atoms with Gasteiger partial charge in [0, 0.05) is 40.6 Å². The lowest BCUT2D eigenvalue weighted by atomic mass is 10.0. The molecule has 2 aromatic carbocycles. The maximum atomic E-state index is 9.98. The van der Waals surface area contributed by atoms with E-state index in [1.54, 1.807) is 6.07 Å². The molecule has 0 saturated heterocycles. The van der Waals surface area contributed by atoms with Crippen LogP contribution in [0.1, 0.15) is 25.8 Å². The second-order valence-corrected chi connectivity index (χ2v) is 7.03. The number of rotatable bonds is 3. The minimum atomic E-state index is 0.314. The highest BCUT2D eigenvalue weighted by molar-refractivity contribution is 6.14. The molecule has 3 heteroatoms. The van der Waals surface area contributed by atoms with Crippen LogP contribution < -0.4 is 0 Å². The Morgan fingerprint density at radius 2 is 1.92 bits per heavy atom. The fourth-order valence-corrected chi connectivity index (χ4v) is 3.68. The van der Waals surface area contributed by atoms with Gasteiger partial charge in [0.1, 0.15) is 5.75 Å². The third-order valence-electron chi connectivity index (χ3n) is 4.93. The van der Waals surface area contributed by atoms with Crippen LogP contribution in [0.25, 0.3) is 32.6 Å². The first-order valence-corrected chi connectivity index (χ1v) is 8.54. The molecule has 0 aliphatic rings. The van der Waals surface area contributed by atoms with Gasteiger partial charge in [0.05, 0.1) is 5.52 Å². The van der Waals surface area contributed by atoms with Crippen LogP contribution >= 0.6 is 0 Å². The Bertz CT molecular complexity index is 1060. The van der Waals surface area contributed by atoms with Crippen LogP contribution in [0.4, 0.5) is 0 Å². The van der Waals surface area contributed by atoms with Gasteiger partial charge >= 0.3 is 0 Å². The minimum Gasteiger partial charge on any atom is -0.508 e. The normalized spacial score (nSPS) is 12.0. The Balaban J connectivity index is 2.14. The molecule has 2 heterocycles. The van der Waals surface area contributed by atoms with Gasteiger partial charge < -0.3 is 9.67 Å². The van der Waals surface area contributed by atoms with Crippen molar-refractivity contribution in [2.45, 2.75) is 33.7 Å². The number of phenolic OH excluding ortho intramolecular Hbond substituents is 1. The Morgan fingerprint density at radius 3 is 2.71 bits per heavy atom. The number of aromatic hydroxyl groups is 1. The van der Waals surface area contributed by atoms with Crippen LogP contribution in [-0.4, -0.2) is 14.7 Å². The summed E-state index contributed by atoms with van der Waals surface area (Å²) in [5.41, 5.74) is 3.74. The molecule has 24 heavy (non-hydrogen) atoms. The van der Waals surface area contributed by atoms with E-state index >= 15 is 0 Å². The molecule has 0 saturated carbocycles. The van der Waals surface area contributed by atoms with Crippen LogP contribution in [-0.2, 0) is 6.54 Å². The Morgan fingerprint density at radius 1 is 1.08 bits per heavy atom. The molecule has 0 atom stereocenters. The molecular formula is C21H22N2O. The highest BCUT2D eigenvalue weighted by atomic mass is 16.3. The summed E-state index contributed by atoms with van der Waals surface area (Å²) in [6.07, 6.45) is 4.91. The number of aryl methyl sites for hydroxylation is 2. The van der Waals surface area contributed by atoms with E-state index in [4.69, 9.17) is 0 Å². The van der Waals surface area contributed by atoms with Crippen LogP contribution in [0.2, 0.25) is 0 Å². The number of hydrogen-bond donors (Lipinski definition) is 1. The van der Waals surface area contributed by atoms with Crippen LogP contribution in [0.3, 0.4) is 0 Å². The number of pyridine rings is 1. The van der Waals surface area contributed by atoms with Crippen molar-refractivity contribution in [3.63, 3.8) is 0 Å². The zero-order valence-corrected chi connectivity index (χ0v) is 14.4. The fraction of sp³-hybridized carbons (Fsp3) is 0.286. The number of hydrogen-bond acceptors (Lipinski definition) is 2. The zero-order chi connectivity index (χ0) is 16.8. The largest absolute Gasteiger partial charge is 0.508 e. The number of phenols is 1. The highest BCUT2D eigenvalue weighted by Crippen LogP contribution is 2.37. The first-order valence-electron chi connectivity index (χ1n) is 8.54. The third kappa shape index (κ3) is 2.23. The Labute approximate surface area is 141 Å². The molecule has 0 radical (unpaired) electrons. The SMILES string of the molecule is Cc1c2ccncc2cc2c3cc(O)ccc3n(CCC(C)C)c12. The summed E-state index contributed by atoms with van der Waals surface area (Å²) in [7, 11) is 0. The molecule has 4 rings (SSSR count). The summed E-state index contributed by atoms with van der Waals surface area (Å²) in [6.45, 7) is 7.69. The average Bonchev–Trinajstić information content (AvgIpc) is 2.86. The second-order valence-electron chi connectivity index (χ2n) is 7.03. The zero-order valence-electron chi connectivity index (χ0n) is 14.4. The molecule has 3 nitrogen and oxygen atoms in total. The van der Waals surface area contributed by atoms with E-state index in [1.165, 1.54) is 27.4 Å². The average molecular weight is 318 g/mol. The third-order valence-corrected chi connectivity index (χ3v) is 4.93. The fourth-order valence-electron chi connectivity index (χ4n) is 3.68. The van der Waals surface area contributed by atoms with Crippen molar-refractivity contribution in [1.29, 1.82) is 0 Å². The standard InChI is InChI=1S/C21H22N2O/c1-13(2)7-9-23-20-5-4-16(24)11-18(20)19-10-15-12-22-8-6-17(15)14(3)21(19)23/h4-6,8,10-13,24H,7,9H2,1-3H3. The molecule has 0 amide bonds. The number of nitrogens with zero attached hydrogens (tertiary/aromatic N) is 2. The first-order chi connectivity index (χ1) is 11.6. The minimum absolute atomic E-state index is 0.314. The number of fused-ring (bicyclic) bond motifs is 4. The summed E-state index contributed by atoms with van der Waals surface area (Å²) in [6, 6.07) is 9.99. The summed E-state index contributed by atoms with van der Waals surface area (Å²) < 4.78 is 2.42. The monoisotopic (exact) mass is 318 g/mol. The van der Waals surface area contributed by atoms with Gasteiger partial charge in [-0.3, -0.25) is 4.98 Å². The van der Waals surface area contributed by atoms with Crippen molar-refractivity contribution in [1.82, 2.24) is 9.55 Å². The molecule has 2 aromatic heterocycles. The van der Waals surface area contributed by atoms with Gasteiger partial charge in [-0.15, -0.1) is 0 Å². The predicted molar refractivity (Wildman–Crippen MR) is 101 cm³/mol. The van der Waals surface area contributed by atoms with E-state index in [1.807, 2.05) is 24.5 Å². The van der Waals surface area contributed by atoms with Crippen molar-refractivity contribution >= 4 is 32.6 Å². The summed E-state index contributed by atoms with van der Waals surface area (Å²) in [4.78, 5) is 4.27. The highest BCUT2D eigenvalue weighted by Gasteiger charge is 2.15. The van der Waals surface area contributed by atoms with Gasteiger partial charge in [-0.25, -0.2) is 0 Å². The second kappa shape index (κ2) is 5.52. The van der Waals surface area contributed by atoms with Crippen molar-refractivity contribution in [3.8, 4) is 5.75 Å². The molecule has 4 aromatic rings. The molecule has 0 fully saturated rings. The molecule has 1 N–H and O–H groups in total. The van der Waals surface area contributed by atoms with Crippen LogP contribution in [0, 0.1) is 12.8 Å². The summed E-state index contributed by atoms with van der Waals surface area (Å²) in [5, 5.41) is 14.7. The molecule has 0 unspecified atom stereocenters. The molecule has 0 aliphatic heterocycles. The molecule has 0 bridgehead atoms. The Hall–Kier alpha value is -2.55. The lowest BCUT2D eigenvalue weighted by Gasteiger charge is -2.12. The number of benzene rings is 2. The van der Waals surface area contributed by atoms with Crippen molar-refractivity contribution in [2.75, 3.05) is 0 Å². The van der Waals surface area contributed by atoms with Crippen LogP contribution in [0.5, 0.6) is 5.75 Å². The molecule has 122 valence electrons. The number of aromatic nitrogens is 2. The van der Waals surface area contributed by atoms with E-state index in [2.05, 4.69) is 42.5 Å². The summed E-state index contributed by atoms with van der Waals surface area (Å²) >= 11 is 0. The van der Waals surface area contributed by atoms with Crippen LogP contribution in [0.15, 0.2) is 42.7 Å². The van der Waals surface area contributed by atoms with Gasteiger partial charge in [0.15, 0.2) is 0 Å². The first kappa shape index (κ1) is 15.0. The van der Waals surface area contributed by atoms with E-state index < -0.39 is 0 Å². The van der Waals surface area contributed by atoms with E-state index in [9.17, 15) is 5.11 Å². The van der Waals surface area contributed by atoms with E-state index in [-0.39, 0.29) is 0 Å². The summed E-state index contributed by atoms with van der Waals surface area (Å²) in [5.74, 6) is 0.967. The van der Waals surface area contributed by atoms with Crippen molar-refractivity contribution in [2.24, 2.45) is 5.92 Å². The maximum Gasteiger partial charge on any atom is 0.116 e. The quantitative estimate of drug-likeness (QED) is 0.549. The van der Waals surface area contributed by atoms with Gasteiger partial charge in [0.2, 0.25) is 0 Å². The molecule has 0 aliphatic carbocycles. The molecular weight excluding hydrogens is 296 g/mol. The molecule has 0 spiro atoms.